The zero-order chi connectivity index (χ0) is 29.9. The molecule has 2 aliphatic heterocycles. The summed E-state index contributed by atoms with van der Waals surface area (Å²) in [5, 5.41) is 0.818. The topological polar surface area (TPSA) is 93.5 Å². The number of halogens is 2. The van der Waals surface area contributed by atoms with E-state index in [1.54, 1.807) is 17.2 Å². The number of amides is 1. The molecule has 1 saturated heterocycles. The van der Waals surface area contributed by atoms with Crippen molar-refractivity contribution >= 4 is 34.2 Å². The van der Waals surface area contributed by atoms with E-state index in [9.17, 15) is 9.59 Å². The number of hydrogen-bond acceptors (Lipinski definition) is 7. The van der Waals surface area contributed by atoms with Crippen molar-refractivity contribution in [2.45, 2.75) is 46.3 Å². The Morgan fingerprint density at radius 1 is 1.21 bits per heavy atom. The lowest BCUT2D eigenvalue weighted by Gasteiger charge is -2.40. The molecule has 1 fully saturated rings. The second kappa shape index (κ2) is 10.5. The minimum absolute atomic E-state index is 0.00316. The summed E-state index contributed by atoms with van der Waals surface area (Å²) < 4.78 is 23.1. The summed E-state index contributed by atoms with van der Waals surface area (Å²) in [6.45, 7) is 12.8. The molecule has 0 N–H and O–H groups in total. The van der Waals surface area contributed by atoms with E-state index in [0.717, 1.165) is 5.56 Å². The van der Waals surface area contributed by atoms with Crippen LogP contribution < -0.4 is 15.3 Å². The summed E-state index contributed by atoms with van der Waals surface area (Å²) in [6, 6.07) is 4.67. The third kappa shape index (κ3) is 4.32. The Morgan fingerprint density at radius 3 is 2.69 bits per heavy atom. The number of hydrogen-bond donors (Lipinski definition) is 0. The molecular weight excluding hydrogens is 559 g/mol. The fourth-order valence-electron chi connectivity index (χ4n) is 5.98. The molecule has 0 aliphatic carbocycles. The fourth-order valence-corrected chi connectivity index (χ4v) is 6.27. The summed E-state index contributed by atoms with van der Waals surface area (Å²) in [6.07, 6.45) is 4.41. The Kier molecular flexibility index (Phi) is 6.97. The summed E-state index contributed by atoms with van der Waals surface area (Å²) in [5.41, 5.74) is 3.04. The van der Waals surface area contributed by atoms with Crippen molar-refractivity contribution in [1.29, 1.82) is 0 Å². The molecule has 9 nitrogen and oxygen atoms in total. The van der Waals surface area contributed by atoms with E-state index in [4.69, 9.17) is 16.3 Å². The van der Waals surface area contributed by atoms with Gasteiger partial charge in [-0.25, -0.2) is 9.18 Å². The number of fused-ring (bicyclic) bond motifs is 5. The van der Waals surface area contributed by atoms with Crippen molar-refractivity contribution in [2.75, 3.05) is 24.5 Å². The highest BCUT2D eigenvalue weighted by atomic mass is 35.5. The number of rotatable bonds is 4. The number of nitrogens with zero attached hydrogens (tertiary/aromatic N) is 6. The largest absolute Gasteiger partial charge is 0.484 e. The van der Waals surface area contributed by atoms with Gasteiger partial charge in [-0.05, 0) is 49.6 Å². The predicted octanol–water partition coefficient (Wildman–Crippen LogP) is 5.18. The lowest BCUT2D eigenvalue weighted by Crippen LogP contribution is -2.54. The van der Waals surface area contributed by atoms with E-state index in [2.05, 4.69) is 21.5 Å². The molecule has 0 spiro atoms. The summed E-state index contributed by atoms with van der Waals surface area (Å²) in [4.78, 5) is 43.8. The van der Waals surface area contributed by atoms with E-state index in [0.29, 0.717) is 59.0 Å². The van der Waals surface area contributed by atoms with Crippen LogP contribution in [0.3, 0.4) is 0 Å². The van der Waals surface area contributed by atoms with Crippen molar-refractivity contribution in [3.05, 3.63) is 81.5 Å². The van der Waals surface area contributed by atoms with Gasteiger partial charge < -0.3 is 14.5 Å². The van der Waals surface area contributed by atoms with Gasteiger partial charge in [0.05, 0.1) is 22.1 Å². The van der Waals surface area contributed by atoms with Crippen LogP contribution in [0, 0.1) is 12.7 Å². The van der Waals surface area contributed by atoms with Crippen molar-refractivity contribution in [3.8, 4) is 22.6 Å². The Hall–Kier alpha value is -4.31. The lowest BCUT2D eigenvalue weighted by molar-refractivity contribution is -0.126. The van der Waals surface area contributed by atoms with Crippen LogP contribution in [0.1, 0.15) is 43.6 Å². The Balaban J connectivity index is 1.70. The third-order valence-corrected chi connectivity index (χ3v) is 8.26. The van der Waals surface area contributed by atoms with Gasteiger partial charge in [0.25, 0.3) is 0 Å². The minimum Gasteiger partial charge on any atom is -0.484 e. The van der Waals surface area contributed by atoms with Gasteiger partial charge in [0, 0.05) is 54.6 Å². The molecule has 3 aromatic heterocycles. The number of benzene rings is 1. The first-order valence-corrected chi connectivity index (χ1v) is 14.2. The van der Waals surface area contributed by atoms with Crippen LogP contribution in [0.15, 0.2) is 48.0 Å². The molecule has 1 aromatic carbocycles. The maximum absolute atomic E-state index is 15.3. The number of carbonyl (C=O) groups is 1. The first-order valence-electron chi connectivity index (χ1n) is 13.8. The molecule has 6 rings (SSSR count). The van der Waals surface area contributed by atoms with Crippen molar-refractivity contribution in [3.63, 3.8) is 0 Å². The van der Waals surface area contributed by atoms with E-state index >= 15 is 4.39 Å². The molecule has 11 heteroatoms. The molecule has 0 unspecified atom stereocenters. The smallest absolute Gasteiger partial charge is 0.354 e. The van der Waals surface area contributed by atoms with Gasteiger partial charge in [0.2, 0.25) is 5.91 Å². The number of ether oxygens (including phenoxy) is 1. The molecule has 4 aromatic rings. The van der Waals surface area contributed by atoms with Crippen LogP contribution in [-0.4, -0.2) is 56.0 Å². The van der Waals surface area contributed by atoms with Crippen LogP contribution in [0.4, 0.5) is 10.2 Å². The van der Waals surface area contributed by atoms with Gasteiger partial charge in [0.15, 0.2) is 5.75 Å². The molecule has 1 atom stereocenters. The summed E-state index contributed by atoms with van der Waals surface area (Å²) >= 11 is 6.92. The van der Waals surface area contributed by atoms with Gasteiger partial charge in [-0.3, -0.25) is 19.3 Å². The van der Waals surface area contributed by atoms with E-state index < -0.39 is 11.5 Å². The highest BCUT2D eigenvalue weighted by Crippen LogP contribution is 2.49. The zero-order valence-electron chi connectivity index (χ0n) is 23.8. The molecule has 5 heterocycles. The Bertz CT molecular complexity index is 1840. The highest BCUT2D eigenvalue weighted by Gasteiger charge is 2.34. The van der Waals surface area contributed by atoms with E-state index in [1.807, 2.05) is 38.7 Å². The predicted molar refractivity (Wildman–Crippen MR) is 160 cm³/mol. The van der Waals surface area contributed by atoms with E-state index in [-0.39, 0.29) is 40.8 Å². The maximum Gasteiger partial charge on any atom is 0.354 e. The molecule has 0 radical (unpaired) electrons. The monoisotopic (exact) mass is 588 g/mol. The zero-order valence-corrected chi connectivity index (χ0v) is 24.6. The van der Waals surface area contributed by atoms with Crippen LogP contribution in [0.25, 0.3) is 27.7 Å². The maximum atomic E-state index is 15.3. The van der Waals surface area contributed by atoms with Crippen molar-refractivity contribution in [2.24, 2.45) is 0 Å². The SMILES string of the molecule is C=CC(=O)N1CCN(c2nc(=O)n(-c3c(C)ccnc3C(C)C)c3c4c(c(Cl)cc23)-c2c(F)ccnc2CO4)[C@@H](C)C1. The van der Waals surface area contributed by atoms with Crippen LogP contribution in [0.5, 0.6) is 5.75 Å². The summed E-state index contributed by atoms with van der Waals surface area (Å²) in [7, 11) is 0. The number of pyridine rings is 2. The first-order chi connectivity index (χ1) is 20.1. The van der Waals surface area contributed by atoms with Crippen LogP contribution >= 0.6 is 11.6 Å². The average Bonchev–Trinajstić information content (AvgIpc) is 2.97. The number of piperazine rings is 1. The second-order valence-electron chi connectivity index (χ2n) is 11.0. The number of aromatic nitrogens is 4. The van der Waals surface area contributed by atoms with Gasteiger partial charge in [-0.1, -0.05) is 32.0 Å². The molecule has 0 saturated carbocycles. The minimum atomic E-state index is -0.530. The highest BCUT2D eigenvalue weighted by molar-refractivity contribution is 6.35. The Labute approximate surface area is 247 Å². The quantitative estimate of drug-likeness (QED) is 0.303. The van der Waals surface area contributed by atoms with Gasteiger partial charge in [-0.15, -0.1) is 0 Å². The molecule has 216 valence electrons. The number of aryl methyl sites for hydroxylation is 1. The molecule has 0 bridgehead atoms. The van der Waals surface area contributed by atoms with Crippen LogP contribution in [-0.2, 0) is 11.4 Å². The molecule has 2 aliphatic rings. The standard InChI is InChI=1S/C31H30ClFN6O3/c1-6-23(40)37-11-12-38(18(5)14-37)30-19-13-20(32)24-25-21(33)8-10-34-22(25)15-42-29(24)28(19)39(31(41)36-30)27-17(4)7-9-35-26(27)16(2)3/h6-10,13,16,18H,1,11-12,14-15H2,2-5H3/t18-/m0/s1. The average molecular weight is 589 g/mol. The lowest BCUT2D eigenvalue weighted by atomic mass is 9.97. The molecular formula is C31H30ClFN6O3. The number of anilines is 1. The molecule has 1 amide bonds. The van der Waals surface area contributed by atoms with Crippen molar-refractivity contribution in [1.82, 2.24) is 24.4 Å². The van der Waals surface area contributed by atoms with E-state index in [1.165, 1.54) is 22.9 Å². The second-order valence-corrected chi connectivity index (χ2v) is 11.4. The Morgan fingerprint density at radius 2 is 1.98 bits per heavy atom. The normalized spacial score (nSPS) is 16.3. The number of carbonyl (C=O) groups excluding carboxylic acids is 1. The van der Waals surface area contributed by atoms with Gasteiger partial charge in [0.1, 0.15) is 23.8 Å². The molecule has 42 heavy (non-hydrogen) atoms. The first kappa shape index (κ1) is 27.8. The van der Waals surface area contributed by atoms with Gasteiger partial charge >= 0.3 is 5.69 Å². The van der Waals surface area contributed by atoms with Crippen molar-refractivity contribution < 1.29 is 13.9 Å². The fraction of sp³-hybridized carbons (Fsp3) is 0.323. The third-order valence-electron chi connectivity index (χ3n) is 7.96. The van der Waals surface area contributed by atoms with Gasteiger partial charge in [-0.2, -0.15) is 4.98 Å². The summed E-state index contributed by atoms with van der Waals surface area (Å²) in [5.74, 6) is 0.0591. The van der Waals surface area contributed by atoms with Crippen LogP contribution in [0.2, 0.25) is 5.02 Å².